The van der Waals surface area contributed by atoms with Crippen molar-refractivity contribution in [2.24, 2.45) is 10.2 Å². The monoisotopic (exact) mass is 425 g/mol. The first-order valence-electron chi connectivity index (χ1n) is 9.98. The fraction of sp³-hybridized carbons (Fsp3) is 0.0833. The van der Waals surface area contributed by atoms with Gasteiger partial charge in [0.2, 0.25) is 5.88 Å². The summed E-state index contributed by atoms with van der Waals surface area (Å²) in [5.74, 6) is 0.650. The van der Waals surface area contributed by atoms with E-state index in [0.29, 0.717) is 22.5 Å². The van der Waals surface area contributed by atoms with Gasteiger partial charge in [-0.3, -0.25) is 4.79 Å². The van der Waals surface area contributed by atoms with Gasteiger partial charge < -0.3 is 19.4 Å². The van der Waals surface area contributed by atoms with E-state index in [2.05, 4.69) is 15.2 Å². The maximum atomic E-state index is 12.8. The Kier molecular flexibility index (Phi) is 4.87. The van der Waals surface area contributed by atoms with Crippen LogP contribution in [0.5, 0.6) is 11.6 Å². The summed E-state index contributed by atoms with van der Waals surface area (Å²) in [5.41, 5.74) is 3.37. The van der Waals surface area contributed by atoms with Crippen LogP contribution >= 0.6 is 0 Å². The number of fused-ring (bicyclic) bond motifs is 2. The van der Waals surface area contributed by atoms with E-state index in [1.54, 1.807) is 25.3 Å². The first-order chi connectivity index (χ1) is 15.6. The minimum Gasteiger partial charge on any atom is -0.497 e. The van der Waals surface area contributed by atoms with Crippen molar-refractivity contribution in [3.05, 3.63) is 72.8 Å². The van der Waals surface area contributed by atoms with Crippen LogP contribution in [0.1, 0.15) is 0 Å². The summed E-state index contributed by atoms with van der Waals surface area (Å²) in [6.07, 6.45) is 0. The van der Waals surface area contributed by atoms with Crippen LogP contribution in [0, 0.1) is 0 Å². The largest absolute Gasteiger partial charge is 0.497 e. The SMILES string of the molecule is COc1ccc2[nH]c(O)c(N=NC(=O)Cn3c(-c4ccccc4)nc4ccccc43)c2c1. The Morgan fingerprint density at radius 3 is 2.69 bits per heavy atom. The number of benzene rings is 3. The number of para-hydroxylation sites is 2. The van der Waals surface area contributed by atoms with Crippen molar-refractivity contribution in [1.82, 2.24) is 14.5 Å². The molecule has 0 bridgehead atoms. The third-order valence-corrected chi connectivity index (χ3v) is 5.20. The number of azo groups is 1. The van der Waals surface area contributed by atoms with Crippen LogP contribution < -0.4 is 4.74 Å². The number of H-pyrrole nitrogens is 1. The Balaban J connectivity index is 1.49. The molecule has 5 aromatic rings. The number of methoxy groups -OCH3 is 1. The molecular formula is C24H19N5O3. The number of hydrogen-bond donors (Lipinski definition) is 2. The quantitative estimate of drug-likeness (QED) is 0.377. The summed E-state index contributed by atoms with van der Waals surface area (Å²) in [6.45, 7) is -0.0410. The maximum Gasteiger partial charge on any atom is 0.284 e. The minimum absolute atomic E-state index is 0.0410. The Morgan fingerprint density at radius 1 is 1.09 bits per heavy atom. The highest BCUT2D eigenvalue weighted by Gasteiger charge is 2.16. The zero-order valence-corrected chi connectivity index (χ0v) is 17.2. The molecule has 158 valence electrons. The number of hydrogen-bond acceptors (Lipinski definition) is 5. The fourth-order valence-corrected chi connectivity index (χ4v) is 3.69. The lowest BCUT2D eigenvalue weighted by Crippen LogP contribution is -2.08. The number of imidazole rings is 1. The third kappa shape index (κ3) is 3.47. The highest BCUT2D eigenvalue weighted by molar-refractivity contribution is 5.95. The number of aromatic amines is 1. The molecule has 0 radical (unpaired) electrons. The van der Waals surface area contributed by atoms with E-state index >= 15 is 0 Å². The topological polar surface area (TPSA) is 105 Å². The van der Waals surface area contributed by atoms with Gasteiger partial charge in [0, 0.05) is 10.9 Å². The molecule has 1 amide bonds. The average Bonchev–Trinajstić information content (AvgIpc) is 3.34. The predicted molar refractivity (Wildman–Crippen MR) is 121 cm³/mol. The van der Waals surface area contributed by atoms with Gasteiger partial charge in [-0.05, 0) is 30.3 Å². The predicted octanol–water partition coefficient (Wildman–Crippen LogP) is 5.21. The second kappa shape index (κ2) is 7.99. The van der Waals surface area contributed by atoms with Gasteiger partial charge in [0.15, 0.2) is 5.69 Å². The molecule has 0 saturated heterocycles. The van der Waals surface area contributed by atoms with E-state index in [0.717, 1.165) is 16.6 Å². The number of aromatic nitrogens is 3. The second-order valence-electron chi connectivity index (χ2n) is 7.20. The van der Waals surface area contributed by atoms with Gasteiger partial charge in [-0.1, -0.05) is 42.5 Å². The van der Waals surface area contributed by atoms with Gasteiger partial charge in [-0.25, -0.2) is 4.98 Å². The number of rotatable bonds is 5. The summed E-state index contributed by atoms with van der Waals surface area (Å²) in [5, 5.41) is 18.7. The van der Waals surface area contributed by atoms with E-state index in [9.17, 15) is 9.90 Å². The van der Waals surface area contributed by atoms with Crippen molar-refractivity contribution in [3.8, 4) is 23.0 Å². The van der Waals surface area contributed by atoms with Gasteiger partial charge in [0.05, 0.1) is 23.7 Å². The summed E-state index contributed by atoms with van der Waals surface area (Å²) in [6, 6.07) is 22.5. The van der Waals surface area contributed by atoms with Gasteiger partial charge in [0.1, 0.15) is 18.1 Å². The Hall–Kier alpha value is -4.46. The van der Waals surface area contributed by atoms with Crippen LogP contribution in [0.25, 0.3) is 33.3 Å². The molecule has 0 spiro atoms. The number of carbonyl (C=O) groups excluding carboxylic acids is 1. The summed E-state index contributed by atoms with van der Waals surface area (Å²) in [4.78, 5) is 20.3. The Labute approximate surface area is 182 Å². The molecule has 0 atom stereocenters. The first kappa shape index (κ1) is 19.5. The number of nitrogens with zero attached hydrogens (tertiary/aromatic N) is 4. The number of amides is 1. The molecule has 0 aliphatic rings. The lowest BCUT2D eigenvalue weighted by Gasteiger charge is -2.06. The van der Waals surface area contributed by atoms with Gasteiger partial charge >= 0.3 is 0 Å². The molecule has 0 fully saturated rings. The van der Waals surface area contributed by atoms with E-state index < -0.39 is 5.91 Å². The molecule has 0 unspecified atom stereocenters. The first-order valence-corrected chi connectivity index (χ1v) is 9.98. The van der Waals surface area contributed by atoms with Crippen molar-refractivity contribution in [1.29, 1.82) is 0 Å². The molecule has 0 saturated carbocycles. The van der Waals surface area contributed by atoms with Crippen LogP contribution in [0.2, 0.25) is 0 Å². The lowest BCUT2D eigenvalue weighted by atomic mass is 10.2. The second-order valence-corrected chi connectivity index (χ2v) is 7.20. The lowest BCUT2D eigenvalue weighted by molar-refractivity contribution is -0.118. The molecule has 2 aromatic heterocycles. The van der Waals surface area contributed by atoms with E-state index in [-0.39, 0.29) is 18.1 Å². The number of ether oxygens (including phenoxy) is 1. The molecule has 5 rings (SSSR count). The van der Waals surface area contributed by atoms with Crippen LogP contribution in [-0.4, -0.2) is 32.7 Å². The fourth-order valence-electron chi connectivity index (χ4n) is 3.69. The zero-order valence-electron chi connectivity index (χ0n) is 17.2. The molecule has 3 aromatic carbocycles. The Morgan fingerprint density at radius 2 is 1.88 bits per heavy atom. The molecule has 8 nitrogen and oxygen atoms in total. The molecule has 8 heteroatoms. The molecule has 2 N–H and O–H groups in total. The molecule has 2 heterocycles. The van der Waals surface area contributed by atoms with Gasteiger partial charge in [0.25, 0.3) is 5.91 Å². The molecule has 0 aliphatic heterocycles. The number of nitrogens with one attached hydrogen (secondary N) is 1. The van der Waals surface area contributed by atoms with Gasteiger partial charge in [-0.15, -0.1) is 10.2 Å². The molecule has 0 aliphatic carbocycles. The van der Waals surface area contributed by atoms with Crippen molar-refractivity contribution in [2.75, 3.05) is 7.11 Å². The average molecular weight is 425 g/mol. The highest BCUT2D eigenvalue weighted by atomic mass is 16.5. The van der Waals surface area contributed by atoms with Crippen molar-refractivity contribution < 1.29 is 14.6 Å². The van der Waals surface area contributed by atoms with Crippen molar-refractivity contribution in [3.63, 3.8) is 0 Å². The minimum atomic E-state index is -0.470. The summed E-state index contributed by atoms with van der Waals surface area (Å²) in [7, 11) is 1.55. The zero-order chi connectivity index (χ0) is 22.1. The van der Waals surface area contributed by atoms with Gasteiger partial charge in [-0.2, -0.15) is 0 Å². The standard InChI is InChI=1S/C24H19N5O3/c1-32-16-11-12-18-17(13-16)22(24(31)26-18)28-27-21(30)14-29-20-10-6-5-9-19(20)25-23(29)15-7-3-2-4-8-15/h2-13,26,31H,14H2,1H3. The van der Waals surface area contributed by atoms with E-state index in [4.69, 9.17) is 9.72 Å². The van der Waals surface area contributed by atoms with Crippen molar-refractivity contribution in [2.45, 2.75) is 6.54 Å². The van der Waals surface area contributed by atoms with Crippen LogP contribution in [0.3, 0.4) is 0 Å². The maximum absolute atomic E-state index is 12.8. The summed E-state index contributed by atoms with van der Waals surface area (Å²) < 4.78 is 7.06. The van der Waals surface area contributed by atoms with E-state index in [1.807, 2.05) is 59.2 Å². The van der Waals surface area contributed by atoms with Crippen LogP contribution in [-0.2, 0) is 11.3 Å². The van der Waals surface area contributed by atoms with Crippen molar-refractivity contribution >= 4 is 33.5 Å². The number of aromatic hydroxyl groups is 1. The summed E-state index contributed by atoms with van der Waals surface area (Å²) >= 11 is 0. The van der Waals surface area contributed by atoms with Crippen LogP contribution in [0.4, 0.5) is 5.69 Å². The highest BCUT2D eigenvalue weighted by Crippen LogP contribution is 2.37. The Bertz CT molecular complexity index is 1470. The van der Waals surface area contributed by atoms with Crippen LogP contribution in [0.15, 0.2) is 83.0 Å². The third-order valence-electron chi connectivity index (χ3n) is 5.20. The smallest absolute Gasteiger partial charge is 0.284 e. The van der Waals surface area contributed by atoms with E-state index in [1.165, 1.54) is 0 Å². The molecular weight excluding hydrogens is 406 g/mol. The molecule has 32 heavy (non-hydrogen) atoms. The number of carbonyl (C=O) groups is 1. The normalized spacial score (nSPS) is 11.5.